The first kappa shape index (κ1) is 10.1. The number of aromatic nitrogens is 2. The molecule has 17 heavy (non-hydrogen) atoms. The maximum Gasteiger partial charge on any atom is 0.326 e. The average molecular weight is 231 g/mol. The topological polar surface area (TPSA) is 66.9 Å². The van der Waals surface area contributed by atoms with Gasteiger partial charge in [-0.05, 0) is 30.5 Å². The van der Waals surface area contributed by atoms with Crippen molar-refractivity contribution in [3.63, 3.8) is 0 Å². The number of H-pyrrole nitrogens is 1. The molecule has 1 aliphatic rings. The van der Waals surface area contributed by atoms with Crippen LogP contribution in [0.2, 0.25) is 0 Å². The van der Waals surface area contributed by atoms with Crippen LogP contribution in [0.15, 0.2) is 16.9 Å². The Morgan fingerprint density at radius 1 is 1.47 bits per heavy atom. The number of rotatable bonds is 1. The van der Waals surface area contributed by atoms with Crippen molar-refractivity contribution in [1.29, 1.82) is 0 Å². The van der Waals surface area contributed by atoms with Crippen LogP contribution in [-0.4, -0.2) is 15.5 Å². The van der Waals surface area contributed by atoms with Crippen molar-refractivity contribution in [3.8, 4) is 0 Å². The first-order chi connectivity index (χ1) is 8.15. The normalized spacial score (nSPS) is 13.9. The van der Waals surface area contributed by atoms with Crippen LogP contribution in [-0.2, 0) is 17.8 Å². The first-order valence-electron chi connectivity index (χ1n) is 5.68. The lowest BCUT2D eigenvalue weighted by atomic mass is 10.0. The van der Waals surface area contributed by atoms with Crippen molar-refractivity contribution in [1.82, 2.24) is 9.55 Å². The predicted octanol–water partition coefficient (Wildman–Crippen LogP) is 1.23. The molecule has 2 N–H and O–H groups in total. The monoisotopic (exact) mass is 231 g/mol. The highest BCUT2D eigenvalue weighted by Gasteiger charge is 2.16. The standard InChI is InChI=1S/C12H13N3O2/c1-7(16)13-9-5-8-3-2-4-15-11(8)10(6-9)14-12(15)17/h5-6H,2-4H2,1H3,(H,13,16)(H,14,17). The lowest BCUT2D eigenvalue weighted by Crippen LogP contribution is -2.20. The summed E-state index contributed by atoms with van der Waals surface area (Å²) >= 11 is 0. The molecule has 3 rings (SSSR count). The number of nitrogens with one attached hydrogen (secondary N) is 2. The molecule has 0 atom stereocenters. The quantitative estimate of drug-likeness (QED) is 0.775. The Morgan fingerprint density at radius 2 is 2.29 bits per heavy atom. The molecule has 0 saturated heterocycles. The molecule has 0 spiro atoms. The summed E-state index contributed by atoms with van der Waals surface area (Å²) in [6.07, 6.45) is 1.91. The van der Waals surface area contributed by atoms with E-state index >= 15 is 0 Å². The first-order valence-corrected chi connectivity index (χ1v) is 5.68. The molecule has 0 unspecified atom stereocenters. The maximum atomic E-state index is 11.7. The van der Waals surface area contributed by atoms with E-state index in [9.17, 15) is 9.59 Å². The zero-order chi connectivity index (χ0) is 12.0. The van der Waals surface area contributed by atoms with Crippen LogP contribution in [0.1, 0.15) is 18.9 Å². The lowest BCUT2D eigenvalue weighted by molar-refractivity contribution is -0.114. The summed E-state index contributed by atoms with van der Waals surface area (Å²) in [6.45, 7) is 2.25. The molecule has 1 aromatic heterocycles. The molecule has 0 bridgehead atoms. The summed E-state index contributed by atoms with van der Waals surface area (Å²) < 4.78 is 1.77. The molecule has 1 aromatic carbocycles. The summed E-state index contributed by atoms with van der Waals surface area (Å²) in [5.74, 6) is -0.103. The molecule has 0 radical (unpaired) electrons. The summed E-state index contributed by atoms with van der Waals surface area (Å²) in [5, 5.41) is 2.75. The minimum atomic E-state index is -0.103. The minimum absolute atomic E-state index is 0.0686. The van der Waals surface area contributed by atoms with E-state index < -0.39 is 0 Å². The average Bonchev–Trinajstić information content (AvgIpc) is 2.56. The molecule has 1 aliphatic heterocycles. The highest BCUT2D eigenvalue weighted by Crippen LogP contribution is 2.26. The Balaban J connectivity index is 2.26. The van der Waals surface area contributed by atoms with Gasteiger partial charge in [-0.1, -0.05) is 0 Å². The van der Waals surface area contributed by atoms with E-state index in [0.29, 0.717) is 0 Å². The van der Waals surface area contributed by atoms with Crippen molar-refractivity contribution in [2.24, 2.45) is 0 Å². The van der Waals surface area contributed by atoms with E-state index in [1.165, 1.54) is 6.92 Å². The second-order valence-electron chi connectivity index (χ2n) is 4.40. The van der Waals surface area contributed by atoms with Crippen LogP contribution in [0.5, 0.6) is 0 Å². The van der Waals surface area contributed by atoms with Crippen molar-refractivity contribution in [2.45, 2.75) is 26.3 Å². The van der Waals surface area contributed by atoms with Gasteiger partial charge in [0.25, 0.3) is 0 Å². The largest absolute Gasteiger partial charge is 0.326 e. The molecule has 2 heterocycles. The summed E-state index contributed by atoms with van der Waals surface area (Å²) in [5.41, 5.74) is 3.58. The zero-order valence-corrected chi connectivity index (χ0v) is 9.54. The van der Waals surface area contributed by atoms with Crippen LogP contribution in [0.25, 0.3) is 11.0 Å². The third kappa shape index (κ3) is 1.54. The highest BCUT2D eigenvalue weighted by molar-refractivity contribution is 5.92. The smallest absolute Gasteiger partial charge is 0.326 e. The van der Waals surface area contributed by atoms with Gasteiger partial charge in [0.15, 0.2) is 0 Å². The fourth-order valence-corrected chi connectivity index (χ4v) is 2.50. The van der Waals surface area contributed by atoms with Crippen molar-refractivity contribution in [2.75, 3.05) is 5.32 Å². The van der Waals surface area contributed by atoms with Gasteiger partial charge in [0.2, 0.25) is 5.91 Å². The van der Waals surface area contributed by atoms with Crippen molar-refractivity contribution in [3.05, 3.63) is 28.2 Å². The van der Waals surface area contributed by atoms with Gasteiger partial charge in [0.05, 0.1) is 11.0 Å². The van der Waals surface area contributed by atoms with E-state index in [2.05, 4.69) is 10.3 Å². The summed E-state index contributed by atoms with van der Waals surface area (Å²) in [6, 6.07) is 3.76. The van der Waals surface area contributed by atoms with E-state index in [1.807, 2.05) is 12.1 Å². The molecular formula is C12H13N3O2. The van der Waals surface area contributed by atoms with Crippen molar-refractivity contribution < 1.29 is 4.79 Å². The fraction of sp³-hybridized carbons (Fsp3) is 0.333. The second kappa shape index (κ2) is 3.48. The minimum Gasteiger partial charge on any atom is -0.326 e. The number of nitrogens with zero attached hydrogens (tertiary/aromatic N) is 1. The number of hydrogen-bond acceptors (Lipinski definition) is 2. The van der Waals surface area contributed by atoms with Gasteiger partial charge in [-0.2, -0.15) is 0 Å². The Labute approximate surface area is 97.4 Å². The summed E-state index contributed by atoms with van der Waals surface area (Å²) in [4.78, 5) is 25.6. The molecule has 5 nitrogen and oxygen atoms in total. The van der Waals surface area contributed by atoms with E-state index in [-0.39, 0.29) is 11.6 Å². The van der Waals surface area contributed by atoms with E-state index in [4.69, 9.17) is 0 Å². The third-order valence-corrected chi connectivity index (χ3v) is 3.09. The maximum absolute atomic E-state index is 11.7. The molecule has 88 valence electrons. The number of amides is 1. The van der Waals surface area contributed by atoms with Gasteiger partial charge in [-0.3, -0.25) is 9.36 Å². The highest BCUT2D eigenvalue weighted by atomic mass is 16.1. The third-order valence-electron chi connectivity index (χ3n) is 3.09. The number of aryl methyl sites for hydroxylation is 2. The van der Waals surface area contributed by atoms with Gasteiger partial charge in [0.1, 0.15) is 0 Å². The van der Waals surface area contributed by atoms with Crippen molar-refractivity contribution >= 4 is 22.6 Å². The number of carbonyl (C=O) groups excluding carboxylic acids is 1. The molecule has 5 heteroatoms. The molecule has 2 aromatic rings. The molecule has 0 aliphatic carbocycles. The Hall–Kier alpha value is -2.04. The van der Waals surface area contributed by atoms with E-state index in [0.717, 1.165) is 41.7 Å². The van der Waals surface area contributed by atoms with E-state index in [1.54, 1.807) is 4.57 Å². The van der Waals surface area contributed by atoms with Crippen LogP contribution < -0.4 is 11.0 Å². The number of aromatic amines is 1. The van der Waals surface area contributed by atoms with Gasteiger partial charge in [-0.15, -0.1) is 0 Å². The molecule has 0 saturated carbocycles. The second-order valence-corrected chi connectivity index (χ2v) is 4.40. The molecule has 1 amide bonds. The fourth-order valence-electron chi connectivity index (χ4n) is 2.50. The Morgan fingerprint density at radius 3 is 3.06 bits per heavy atom. The zero-order valence-electron chi connectivity index (χ0n) is 9.54. The van der Waals surface area contributed by atoms with Crippen LogP contribution in [0, 0.1) is 0 Å². The van der Waals surface area contributed by atoms with Gasteiger partial charge in [-0.25, -0.2) is 4.79 Å². The Bertz CT molecular complexity index is 666. The van der Waals surface area contributed by atoms with Gasteiger partial charge in [0, 0.05) is 19.2 Å². The predicted molar refractivity (Wildman–Crippen MR) is 65.2 cm³/mol. The summed E-state index contributed by atoms with van der Waals surface area (Å²) in [7, 11) is 0. The van der Waals surface area contributed by atoms with Gasteiger partial charge < -0.3 is 10.3 Å². The molecular weight excluding hydrogens is 218 g/mol. The SMILES string of the molecule is CC(=O)Nc1cc2c3c(c1)[nH]c(=O)n3CCC2. The van der Waals surface area contributed by atoms with Crippen LogP contribution in [0.4, 0.5) is 5.69 Å². The number of anilines is 1. The number of benzene rings is 1. The molecule has 0 fully saturated rings. The van der Waals surface area contributed by atoms with Crippen LogP contribution >= 0.6 is 0 Å². The number of imidazole rings is 1. The number of hydrogen-bond donors (Lipinski definition) is 2. The van der Waals surface area contributed by atoms with Gasteiger partial charge >= 0.3 is 5.69 Å². The Kier molecular flexibility index (Phi) is 2.07. The van der Waals surface area contributed by atoms with Crippen LogP contribution in [0.3, 0.4) is 0 Å². The number of carbonyl (C=O) groups is 1. The lowest BCUT2D eigenvalue weighted by Gasteiger charge is -2.15.